The third-order valence-electron chi connectivity index (χ3n) is 7.66. The molecule has 0 atom stereocenters. The quantitative estimate of drug-likeness (QED) is 0.405. The van der Waals surface area contributed by atoms with E-state index in [1.165, 1.54) is 11.3 Å². The van der Waals surface area contributed by atoms with Crippen molar-refractivity contribution in [3.63, 3.8) is 0 Å². The molecule has 0 aliphatic carbocycles. The second-order valence-corrected chi connectivity index (χ2v) is 10.1. The molecule has 4 aromatic rings. The Morgan fingerprint density at radius 3 is 2.16 bits per heavy atom. The van der Waals surface area contributed by atoms with E-state index in [0.29, 0.717) is 44.1 Å². The van der Waals surface area contributed by atoms with Crippen molar-refractivity contribution in [2.24, 2.45) is 0 Å². The number of aryl methyl sites for hydroxylation is 1. The summed E-state index contributed by atoms with van der Waals surface area (Å²) in [5.74, 6) is 0.0242. The molecule has 0 radical (unpaired) electrons. The van der Waals surface area contributed by atoms with Gasteiger partial charge in [0, 0.05) is 62.3 Å². The first kappa shape index (κ1) is 23.3. The van der Waals surface area contributed by atoms with Gasteiger partial charge in [0.05, 0.1) is 0 Å². The Morgan fingerprint density at radius 2 is 1.43 bits per heavy atom. The molecule has 6 rings (SSSR count). The van der Waals surface area contributed by atoms with Crippen LogP contribution in [0, 0.1) is 6.92 Å². The minimum absolute atomic E-state index is 0.000735. The van der Waals surface area contributed by atoms with Gasteiger partial charge in [-0.1, -0.05) is 72.3 Å². The number of nitrogens with zero attached hydrogens (tertiary/aromatic N) is 4. The second kappa shape index (κ2) is 9.77. The molecule has 6 nitrogen and oxygen atoms in total. The first-order valence-corrected chi connectivity index (χ1v) is 13.2. The third-order valence-corrected chi connectivity index (χ3v) is 7.66. The van der Waals surface area contributed by atoms with Gasteiger partial charge in [0.2, 0.25) is 0 Å². The summed E-state index contributed by atoms with van der Waals surface area (Å²) in [5.41, 5.74) is 4.86. The van der Waals surface area contributed by atoms with Crippen molar-refractivity contribution in [3.8, 4) is 0 Å². The van der Waals surface area contributed by atoms with E-state index in [4.69, 9.17) is 0 Å². The summed E-state index contributed by atoms with van der Waals surface area (Å²) in [6.07, 6.45) is 0.814. The number of amides is 2. The van der Waals surface area contributed by atoms with Crippen molar-refractivity contribution in [2.45, 2.75) is 26.4 Å². The molecule has 3 aromatic carbocycles. The number of carbonyl (C=O) groups is 2. The van der Waals surface area contributed by atoms with E-state index in [1.807, 2.05) is 56.8 Å². The minimum Gasteiger partial charge on any atom is -0.368 e. The molecular formula is C31H32N4O2. The molecule has 2 amide bonds. The Morgan fingerprint density at radius 1 is 0.757 bits per heavy atom. The molecule has 0 saturated carbocycles. The number of aromatic nitrogens is 1. The standard InChI is InChI=1S/C31H32N4O2/c1-23-12-14-25(15-13-23)32-18-20-33(21-19-32)30(36)28-26-10-5-6-11-27(26)29-31(37)34(16-7-17-35(28)29)22-24-8-3-2-4-9-24/h2-6,8-15H,7,16-22H2,1H3. The maximum Gasteiger partial charge on any atom is 0.271 e. The summed E-state index contributed by atoms with van der Waals surface area (Å²) in [4.78, 5) is 34.1. The van der Waals surface area contributed by atoms with E-state index in [2.05, 4.69) is 48.2 Å². The van der Waals surface area contributed by atoms with Gasteiger partial charge in [0.25, 0.3) is 11.8 Å². The van der Waals surface area contributed by atoms with Crippen LogP contribution in [0.3, 0.4) is 0 Å². The summed E-state index contributed by atoms with van der Waals surface area (Å²) < 4.78 is 2.01. The fraction of sp³-hybridized carbons (Fsp3) is 0.290. The maximum absolute atomic E-state index is 14.0. The van der Waals surface area contributed by atoms with Crippen LogP contribution in [-0.4, -0.2) is 58.9 Å². The van der Waals surface area contributed by atoms with Crippen molar-refractivity contribution in [1.29, 1.82) is 0 Å². The summed E-state index contributed by atoms with van der Waals surface area (Å²) in [6.45, 7) is 6.91. The molecule has 1 aromatic heterocycles. The highest BCUT2D eigenvalue weighted by molar-refractivity contribution is 6.14. The number of carbonyl (C=O) groups excluding carboxylic acids is 2. The van der Waals surface area contributed by atoms with Gasteiger partial charge in [-0.3, -0.25) is 9.59 Å². The Hall–Kier alpha value is -4.06. The normalized spacial score (nSPS) is 16.1. The molecule has 0 N–H and O–H groups in total. The number of piperazine rings is 1. The highest BCUT2D eigenvalue weighted by atomic mass is 16.2. The SMILES string of the molecule is Cc1ccc(N2CCN(C(=O)c3c4ccccc4c4n3CCCN(Cc3ccccc3)C4=O)CC2)cc1. The third kappa shape index (κ3) is 4.37. The van der Waals surface area contributed by atoms with Crippen LogP contribution in [0.15, 0.2) is 78.9 Å². The van der Waals surface area contributed by atoms with Crippen LogP contribution >= 0.6 is 0 Å². The fourth-order valence-corrected chi connectivity index (χ4v) is 5.68. The second-order valence-electron chi connectivity index (χ2n) is 10.1. The van der Waals surface area contributed by atoms with Gasteiger partial charge in [-0.05, 0) is 31.0 Å². The lowest BCUT2D eigenvalue weighted by Crippen LogP contribution is -2.49. The number of fused-ring (bicyclic) bond motifs is 3. The van der Waals surface area contributed by atoms with E-state index in [0.717, 1.165) is 35.8 Å². The predicted molar refractivity (Wildman–Crippen MR) is 147 cm³/mol. The van der Waals surface area contributed by atoms with Crippen LogP contribution in [0.1, 0.15) is 38.5 Å². The van der Waals surface area contributed by atoms with Gasteiger partial charge in [0.1, 0.15) is 11.4 Å². The van der Waals surface area contributed by atoms with Crippen molar-refractivity contribution in [1.82, 2.24) is 14.4 Å². The highest BCUT2D eigenvalue weighted by Gasteiger charge is 2.33. The molecule has 0 bridgehead atoms. The molecule has 0 unspecified atom stereocenters. The van der Waals surface area contributed by atoms with E-state index in [-0.39, 0.29) is 11.8 Å². The summed E-state index contributed by atoms with van der Waals surface area (Å²) in [6, 6.07) is 26.6. The molecule has 0 spiro atoms. The average Bonchev–Trinajstić information content (AvgIpc) is 3.18. The first-order chi connectivity index (χ1) is 18.1. The zero-order valence-electron chi connectivity index (χ0n) is 21.3. The minimum atomic E-state index is 0.000735. The number of benzene rings is 3. The van der Waals surface area contributed by atoms with Crippen LogP contribution in [-0.2, 0) is 13.1 Å². The van der Waals surface area contributed by atoms with E-state index >= 15 is 0 Å². The van der Waals surface area contributed by atoms with Gasteiger partial charge >= 0.3 is 0 Å². The molecule has 37 heavy (non-hydrogen) atoms. The highest BCUT2D eigenvalue weighted by Crippen LogP contribution is 2.31. The number of hydrogen-bond donors (Lipinski definition) is 0. The van der Waals surface area contributed by atoms with Crippen LogP contribution in [0.25, 0.3) is 10.8 Å². The Bertz CT molecular complexity index is 1430. The van der Waals surface area contributed by atoms with Crippen LogP contribution < -0.4 is 4.90 Å². The van der Waals surface area contributed by atoms with E-state index in [1.54, 1.807) is 0 Å². The van der Waals surface area contributed by atoms with Crippen molar-refractivity contribution < 1.29 is 9.59 Å². The largest absolute Gasteiger partial charge is 0.368 e. The Balaban J connectivity index is 1.29. The van der Waals surface area contributed by atoms with Crippen molar-refractivity contribution >= 4 is 28.3 Å². The summed E-state index contributed by atoms with van der Waals surface area (Å²) >= 11 is 0. The monoisotopic (exact) mass is 492 g/mol. The Labute approximate surface area is 217 Å². The lowest BCUT2D eigenvalue weighted by atomic mass is 10.1. The smallest absolute Gasteiger partial charge is 0.271 e. The fourth-order valence-electron chi connectivity index (χ4n) is 5.68. The summed E-state index contributed by atoms with van der Waals surface area (Å²) in [5, 5.41) is 1.74. The predicted octanol–water partition coefficient (Wildman–Crippen LogP) is 4.96. The topological polar surface area (TPSA) is 48.8 Å². The molecule has 2 aliphatic heterocycles. The molecule has 6 heteroatoms. The molecule has 3 heterocycles. The maximum atomic E-state index is 14.0. The van der Waals surface area contributed by atoms with Gasteiger partial charge in [0.15, 0.2) is 0 Å². The van der Waals surface area contributed by atoms with E-state index in [9.17, 15) is 9.59 Å². The van der Waals surface area contributed by atoms with Gasteiger partial charge in [-0.25, -0.2) is 0 Å². The van der Waals surface area contributed by atoms with Crippen molar-refractivity contribution in [2.75, 3.05) is 37.6 Å². The van der Waals surface area contributed by atoms with Gasteiger partial charge < -0.3 is 19.3 Å². The first-order valence-electron chi connectivity index (χ1n) is 13.2. The van der Waals surface area contributed by atoms with Crippen molar-refractivity contribution in [3.05, 3.63) is 101 Å². The van der Waals surface area contributed by atoms with Gasteiger partial charge in [-0.15, -0.1) is 0 Å². The number of hydrogen-bond acceptors (Lipinski definition) is 3. The molecule has 1 fully saturated rings. The number of rotatable bonds is 4. The molecular weight excluding hydrogens is 460 g/mol. The number of anilines is 1. The zero-order valence-corrected chi connectivity index (χ0v) is 21.3. The van der Waals surface area contributed by atoms with Crippen LogP contribution in [0.4, 0.5) is 5.69 Å². The van der Waals surface area contributed by atoms with Crippen LogP contribution in [0.5, 0.6) is 0 Å². The molecule has 2 aliphatic rings. The Kier molecular flexibility index (Phi) is 6.16. The lowest BCUT2D eigenvalue weighted by molar-refractivity contribution is 0.0737. The zero-order chi connectivity index (χ0) is 25.4. The molecule has 1 saturated heterocycles. The van der Waals surface area contributed by atoms with E-state index < -0.39 is 0 Å². The molecule has 188 valence electrons. The van der Waals surface area contributed by atoms with Crippen LogP contribution in [0.2, 0.25) is 0 Å². The summed E-state index contributed by atoms with van der Waals surface area (Å²) in [7, 11) is 0. The lowest BCUT2D eigenvalue weighted by Gasteiger charge is -2.36. The average molecular weight is 493 g/mol. The van der Waals surface area contributed by atoms with Gasteiger partial charge in [-0.2, -0.15) is 0 Å².